The first-order valence-corrected chi connectivity index (χ1v) is 8.51. The van der Waals surface area contributed by atoms with Crippen LogP contribution in [-0.2, 0) is 0 Å². The zero-order valence-corrected chi connectivity index (χ0v) is 14.0. The summed E-state index contributed by atoms with van der Waals surface area (Å²) in [6.45, 7) is 1.03. The molecule has 2 atom stereocenters. The maximum atomic E-state index is 10.9. The van der Waals surface area contributed by atoms with Gasteiger partial charge in [0.1, 0.15) is 0 Å². The summed E-state index contributed by atoms with van der Waals surface area (Å²) in [6.07, 6.45) is 7.26. The van der Waals surface area contributed by atoms with E-state index in [9.17, 15) is 5.11 Å². The van der Waals surface area contributed by atoms with Gasteiger partial charge in [-0.1, -0.05) is 49.6 Å². The molecule has 1 aromatic carbocycles. The Kier molecular flexibility index (Phi) is 5.83. The van der Waals surface area contributed by atoms with E-state index < -0.39 is 0 Å². The normalized spacial score (nSPS) is 20.2. The molecule has 1 N–H and O–H groups in total. The number of aliphatic hydroxyl groups excluding tert-OH is 1. The van der Waals surface area contributed by atoms with Crippen molar-refractivity contribution in [3.05, 3.63) is 35.9 Å². The molecule has 0 radical (unpaired) electrons. The van der Waals surface area contributed by atoms with Gasteiger partial charge in [-0.3, -0.25) is 0 Å². The molecular weight excluding hydrogens is 258 g/mol. The van der Waals surface area contributed by atoms with Crippen molar-refractivity contribution in [1.29, 1.82) is 0 Å². The maximum Gasteiger partial charge on any atom is 0.0805 e. The van der Waals surface area contributed by atoms with Gasteiger partial charge in [0, 0.05) is 12.3 Å². The van der Waals surface area contributed by atoms with Gasteiger partial charge in [-0.2, -0.15) is 0 Å². The highest BCUT2D eigenvalue weighted by molar-refractivity contribution is 5.22. The Morgan fingerprint density at radius 1 is 1.05 bits per heavy atom. The Morgan fingerprint density at radius 2 is 1.67 bits per heavy atom. The van der Waals surface area contributed by atoms with Crippen LogP contribution in [0.4, 0.5) is 0 Å². The molecule has 1 aliphatic carbocycles. The molecule has 21 heavy (non-hydrogen) atoms. The number of rotatable bonds is 6. The van der Waals surface area contributed by atoms with Crippen LogP contribution in [0.25, 0.3) is 0 Å². The van der Waals surface area contributed by atoms with Crippen LogP contribution in [0.5, 0.6) is 0 Å². The van der Waals surface area contributed by atoms with Gasteiger partial charge in [0.15, 0.2) is 0 Å². The van der Waals surface area contributed by atoms with Crippen molar-refractivity contribution in [3.63, 3.8) is 0 Å². The molecule has 118 valence electrons. The van der Waals surface area contributed by atoms with Crippen molar-refractivity contribution in [3.8, 4) is 0 Å². The van der Waals surface area contributed by atoms with Gasteiger partial charge < -0.3 is 9.59 Å². The second kappa shape index (κ2) is 7.42. The minimum Gasteiger partial charge on any atom is -0.392 e. The predicted molar refractivity (Wildman–Crippen MR) is 89.3 cm³/mol. The van der Waals surface area contributed by atoms with E-state index in [2.05, 4.69) is 51.5 Å². The van der Waals surface area contributed by atoms with Gasteiger partial charge in [0.2, 0.25) is 0 Å². The quantitative estimate of drug-likeness (QED) is 0.790. The van der Waals surface area contributed by atoms with E-state index in [1.807, 2.05) is 0 Å². The zero-order valence-electron chi connectivity index (χ0n) is 14.0. The van der Waals surface area contributed by atoms with E-state index in [0.29, 0.717) is 11.8 Å². The monoisotopic (exact) mass is 290 g/mol. The molecule has 2 rings (SSSR count). The molecule has 0 amide bonds. The second-order valence-corrected chi connectivity index (χ2v) is 7.70. The molecule has 2 nitrogen and oxygen atoms in total. The average Bonchev–Trinajstić information content (AvgIpc) is 2.47. The van der Waals surface area contributed by atoms with Gasteiger partial charge in [-0.25, -0.2) is 0 Å². The van der Waals surface area contributed by atoms with Crippen LogP contribution in [0.3, 0.4) is 0 Å². The first-order chi connectivity index (χ1) is 9.97. The van der Waals surface area contributed by atoms with Crippen LogP contribution in [0.1, 0.15) is 50.0 Å². The van der Waals surface area contributed by atoms with E-state index in [4.69, 9.17) is 0 Å². The summed E-state index contributed by atoms with van der Waals surface area (Å²) in [6, 6.07) is 10.7. The van der Waals surface area contributed by atoms with Gasteiger partial charge in [-0.05, 0) is 24.3 Å². The van der Waals surface area contributed by atoms with E-state index >= 15 is 0 Å². The topological polar surface area (TPSA) is 20.2 Å². The molecule has 0 aliphatic heterocycles. The third-order valence-electron chi connectivity index (χ3n) is 4.85. The molecular formula is C19H32NO+. The molecule has 1 fully saturated rings. The molecule has 1 saturated carbocycles. The summed E-state index contributed by atoms with van der Waals surface area (Å²) in [5.74, 6) is 0.974. The summed E-state index contributed by atoms with van der Waals surface area (Å²) in [4.78, 5) is 0. The first kappa shape index (κ1) is 16.5. The lowest BCUT2D eigenvalue weighted by Gasteiger charge is -2.35. The van der Waals surface area contributed by atoms with Crippen LogP contribution < -0.4 is 0 Å². The van der Waals surface area contributed by atoms with E-state index in [0.717, 1.165) is 17.4 Å². The number of hydrogen-bond acceptors (Lipinski definition) is 1. The lowest BCUT2D eigenvalue weighted by molar-refractivity contribution is -0.870. The van der Waals surface area contributed by atoms with Crippen molar-refractivity contribution in [2.75, 3.05) is 27.7 Å². The van der Waals surface area contributed by atoms with Gasteiger partial charge >= 0.3 is 0 Å². The Bertz CT molecular complexity index is 403. The second-order valence-electron chi connectivity index (χ2n) is 7.70. The zero-order chi connectivity index (χ0) is 15.3. The van der Waals surface area contributed by atoms with E-state index in [-0.39, 0.29) is 6.10 Å². The lowest BCUT2D eigenvalue weighted by Crippen LogP contribution is -2.39. The molecule has 0 bridgehead atoms. The minimum atomic E-state index is -0.215. The fourth-order valence-corrected chi connectivity index (χ4v) is 3.68. The van der Waals surface area contributed by atoms with Crippen LogP contribution in [0.15, 0.2) is 30.3 Å². The first-order valence-electron chi connectivity index (χ1n) is 8.51. The molecule has 1 aliphatic rings. The SMILES string of the molecule is C[N+](C)(C)CCC(O)C(c1ccccc1)C1CCCCC1. The Labute approximate surface area is 130 Å². The summed E-state index contributed by atoms with van der Waals surface area (Å²) in [5, 5.41) is 10.9. The predicted octanol–water partition coefficient (Wildman–Crippen LogP) is 3.81. The third kappa shape index (κ3) is 5.12. The summed E-state index contributed by atoms with van der Waals surface area (Å²) >= 11 is 0. The number of benzene rings is 1. The minimum absolute atomic E-state index is 0.215. The average molecular weight is 290 g/mol. The molecule has 0 spiro atoms. The maximum absolute atomic E-state index is 10.9. The molecule has 2 heteroatoms. The standard InChI is InChI=1S/C19H32NO/c1-20(2,3)15-14-18(21)19(16-10-6-4-7-11-16)17-12-8-5-9-13-17/h4,6-7,10-11,17-19,21H,5,8-9,12-15H2,1-3H3/q+1. The fraction of sp³-hybridized carbons (Fsp3) is 0.684. The van der Waals surface area contributed by atoms with Crippen molar-refractivity contribution in [2.45, 2.75) is 50.5 Å². The van der Waals surface area contributed by atoms with Crippen molar-refractivity contribution >= 4 is 0 Å². The Balaban J connectivity index is 2.11. The lowest BCUT2D eigenvalue weighted by atomic mass is 9.73. The molecule has 0 saturated heterocycles. The van der Waals surface area contributed by atoms with Crippen molar-refractivity contribution in [2.24, 2.45) is 5.92 Å². The number of aliphatic hydroxyl groups is 1. The third-order valence-corrected chi connectivity index (χ3v) is 4.85. The van der Waals surface area contributed by atoms with Crippen molar-refractivity contribution < 1.29 is 9.59 Å². The van der Waals surface area contributed by atoms with Crippen LogP contribution in [-0.4, -0.2) is 43.4 Å². The Morgan fingerprint density at radius 3 is 2.24 bits per heavy atom. The van der Waals surface area contributed by atoms with Gasteiger partial charge in [0.25, 0.3) is 0 Å². The van der Waals surface area contributed by atoms with Gasteiger partial charge in [0.05, 0.1) is 33.8 Å². The number of quaternary nitrogens is 1. The van der Waals surface area contributed by atoms with E-state index in [1.165, 1.54) is 37.7 Å². The highest BCUT2D eigenvalue weighted by atomic mass is 16.3. The Hall–Kier alpha value is -0.860. The molecule has 0 aromatic heterocycles. The largest absolute Gasteiger partial charge is 0.392 e. The summed E-state index contributed by atoms with van der Waals surface area (Å²) in [5.41, 5.74) is 1.33. The van der Waals surface area contributed by atoms with Crippen LogP contribution >= 0.6 is 0 Å². The van der Waals surface area contributed by atoms with E-state index in [1.54, 1.807) is 0 Å². The number of nitrogens with zero attached hydrogens (tertiary/aromatic N) is 1. The number of hydrogen-bond donors (Lipinski definition) is 1. The highest BCUT2D eigenvalue weighted by Crippen LogP contribution is 2.39. The molecule has 1 aromatic rings. The van der Waals surface area contributed by atoms with Crippen LogP contribution in [0.2, 0.25) is 0 Å². The highest BCUT2D eigenvalue weighted by Gasteiger charge is 2.31. The fourth-order valence-electron chi connectivity index (χ4n) is 3.68. The molecule has 2 unspecified atom stereocenters. The van der Waals surface area contributed by atoms with Gasteiger partial charge in [-0.15, -0.1) is 0 Å². The van der Waals surface area contributed by atoms with Crippen molar-refractivity contribution in [1.82, 2.24) is 0 Å². The smallest absolute Gasteiger partial charge is 0.0805 e. The van der Waals surface area contributed by atoms with Crippen LogP contribution in [0, 0.1) is 5.92 Å². The summed E-state index contributed by atoms with van der Waals surface area (Å²) < 4.78 is 0.920. The summed E-state index contributed by atoms with van der Waals surface area (Å²) in [7, 11) is 6.60. The molecule has 0 heterocycles.